The van der Waals surface area contributed by atoms with E-state index in [2.05, 4.69) is 38.4 Å². The molecule has 2 N–H and O–H groups in total. The SMILES string of the molecule is CN(CO)c1cnc(Nc2ccc(C3CCN(C=O)C3)cc2N2CCOCC2)nc1. The monoisotopic (exact) mass is 412 g/mol. The number of carbonyl (C=O) groups excluding carboxylic acids is 1. The molecule has 1 aromatic heterocycles. The van der Waals surface area contributed by atoms with E-state index in [1.807, 2.05) is 4.90 Å². The number of carbonyl (C=O) groups is 1. The quantitative estimate of drug-likeness (QED) is 0.521. The van der Waals surface area contributed by atoms with Gasteiger partial charge < -0.3 is 29.9 Å². The van der Waals surface area contributed by atoms with Crippen molar-refractivity contribution in [3.63, 3.8) is 0 Å². The van der Waals surface area contributed by atoms with Crippen molar-refractivity contribution in [3.8, 4) is 0 Å². The minimum Gasteiger partial charge on any atom is -0.378 e. The van der Waals surface area contributed by atoms with Gasteiger partial charge in [0.25, 0.3) is 0 Å². The maximum Gasteiger partial charge on any atom is 0.227 e. The van der Waals surface area contributed by atoms with E-state index < -0.39 is 0 Å². The van der Waals surface area contributed by atoms with E-state index in [1.54, 1.807) is 24.3 Å². The van der Waals surface area contributed by atoms with Crippen molar-refractivity contribution < 1.29 is 14.6 Å². The summed E-state index contributed by atoms with van der Waals surface area (Å²) in [6.07, 6.45) is 5.28. The molecule has 0 saturated carbocycles. The Hall–Kier alpha value is -2.91. The number of amides is 1. The molecule has 1 atom stereocenters. The first kappa shape index (κ1) is 20.4. The van der Waals surface area contributed by atoms with Crippen LogP contribution in [-0.2, 0) is 9.53 Å². The molecule has 0 bridgehead atoms. The van der Waals surface area contributed by atoms with Crippen molar-refractivity contribution in [2.75, 3.05) is 68.3 Å². The molecule has 0 aliphatic carbocycles. The largest absolute Gasteiger partial charge is 0.378 e. The highest BCUT2D eigenvalue weighted by Gasteiger charge is 2.25. The summed E-state index contributed by atoms with van der Waals surface area (Å²) >= 11 is 0. The van der Waals surface area contributed by atoms with Gasteiger partial charge in [0, 0.05) is 39.1 Å². The number of hydrogen-bond acceptors (Lipinski definition) is 8. The second-order valence-corrected chi connectivity index (χ2v) is 7.69. The van der Waals surface area contributed by atoms with E-state index in [-0.39, 0.29) is 6.73 Å². The highest BCUT2D eigenvalue weighted by molar-refractivity contribution is 5.75. The van der Waals surface area contributed by atoms with Gasteiger partial charge in [0.15, 0.2) is 0 Å². The van der Waals surface area contributed by atoms with Crippen molar-refractivity contribution in [2.45, 2.75) is 12.3 Å². The van der Waals surface area contributed by atoms with Gasteiger partial charge in [0.05, 0.1) is 42.7 Å². The van der Waals surface area contributed by atoms with Gasteiger partial charge in [-0.15, -0.1) is 0 Å². The Kier molecular flexibility index (Phi) is 6.29. The van der Waals surface area contributed by atoms with Crippen LogP contribution in [0.1, 0.15) is 17.9 Å². The van der Waals surface area contributed by atoms with Crippen LogP contribution in [0.5, 0.6) is 0 Å². The first-order valence-corrected chi connectivity index (χ1v) is 10.2. The summed E-state index contributed by atoms with van der Waals surface area (Å²) < 4.78 is 5.53. The standard InChI is InChI=1S/C21H28N6O3/c1-25(14-28)18-11-22-21(23-12-18)24-19-3-2-16(17-4-5-26(13-17)15-29)10-20(19)27-6-8-30-9-7-27/h2-3,10-12,15,17,28H,4-9,13-14H2,1H3,(H,22,23,24). The molecular weight excluding hydrogens is 384 g/mol. The molecule has 3 heterocycles. The van der Waals surface area contributed by atoms with E-state index in [9.17, 15) is 9.90 Å². The summed E-state index contributed by atoms with van der Waals surface area (Å²) in [4.78, 5) is 25.7. The third-order valence-corrected chi connectivity index (χ3v) is 5.75. The smallest absolute Gasteiger partial charge is 0.227 e. The number of aliphatic hydroxyl groups excluding tert-OH is 1. The van der Waals surface area contributed by atoms with Crippen molar-refractivity contribution in [1.29, 1.82) is 0 Å². The number of benzene rings is 1. The summed E-state index contributed by atoms with van der Waals surface area (Å²) in [5.41, 5.74) is 4.02. The van der Waals surface area contributed by atoms with Crippen LogP contribution in [0.25, 0.3) is 0 Å². The molecule has 1 unspecified atom stereocenters. The van der Waals surface area contributed by atoms with E-state index in [0.29, 0.717) is 25.1 Å². The molecule has 30 heavy (non-hydrogen) atoms. The molecule has 9 heteroatoms. The van der Waals surface area contributed by atoms with E-state index in [0.717, 1.165) is 56.1 Å². The molecule has 2 fully saturated rings. The fourth-order valence-electron chi connectivity index (χ4n) is 3.91. The highest BCUT2D eigenvalue weighted by atomic mass is 16.5. The number of hydrogen-bond donors (Lipinski definition) is 2. The average molecular weight is 412 g/mol. The molecule has 4 rings (SSSR count). The zero-order valence-electron chi connectivity index (χ0n) is 17.2. The molecular formula is C21H28N6O3. The van der Waals surface area contributed by atoms with Crippen molar-refractivity contribution in [3.05, 3.63) is 36.2 Å². The van der Waals surface area contributed by atoms with Crippen LogP contribution in [0.4, 0.5) is 23.0 Å². The first-order valence-electron chi connectivity index (χ1n) is 10.2. The number of ether oxygens (including phenoxy) is 1. The second-order valence-electron chi connectivity index (χ2n) is 7.69. The minimum atomic E-state index is -0.0958. The lowest BCUT2D eigenvalue weighted by Crippen LogP contribution is -2.36. The zero-order chi connectivity index (χ0) is 20.9. The Morgan fingerprint density at radius 1 is 1.27 bits per heavy atom. The Bertz CT molecular complexity index is 856. The maximum atomic E-state index is 11.1. The number of likely N-dealkylation sites (tertiary alicyclic amines) is 1. The average Bonchev–Trinajstić information content (AvgIpc) is 3.29. The number of aromatic nitrogens is 2. The third-order valence-electron chi connectivity index (χ3n) is 5.75. The number of morpholine rings is 1. The Morgan fingerprint density at radius 3 is 2.70 bits per heavy atom. The third kappa shape index (κ3) is 4.47. The minimum absolute atomic E-state index is 0.0958. The topological polar surface area (TPSA) is 94.1 Å². The lowest BCUT2D eigenvalue weighted by molar-refractivity contribution is -0.117. The second kappa shape index (κ2) is 9.27. The van der Waals surface area contributed by atoms with Crippen molar-refractivity contribution >= 4 is 29.4 Å². The number of anilines is 4. The molecule has 1 aromatic carbocycles. The van der Waals surface area contributed by atoms with Crippen LogP contribution in [0.3, 0.4) is 0 Å². The fraction of sp³-hybridized carbons (Fsp3) is 0.476. The summed E-state index contributed by atoms with van der Waals surface area (Å²) in [5.74, 6) is 0.855. The molecule has 9 nitrogen and oxygen atoms in total. The Labute approximate surface area is 176 Å². The molecule has 2 aliphatic rings. The molecule has 2 aliphatic heterocycles. The predicted octanol–water partition coefficient (Wildman–Crippen LogP) is 1.39. The number of aliphatic hydroxyl groups is 1. The summed E-state index contributed by atoms with van der Waals surface area (Å²) in [5, 5.41) is 12.6. The van der Waals surface area contributed by atoms with Crippen LogP contribution in [0.15, 0.2) is 30.6 Å². The van der Waals surface area contributed by atoms with Gasteiger partial charge in [-0.2, -0.15) is 0 Å². The number of rotatable bonds is 7. The van der Waals surface area contributed by atoms with Gasteiger partial charge in [-0.3, -0.25) is 4.79 Å². The van der Waals surface area contributed by atoms with Crippen molar-refractivity contribution in [1.82, 2.24) is 14.9 Å². The first-order chi connectivity index (χ1) is 14.7. The van der Waals surface area contributed by atoms with Crippen LogP contribution >= 0.6 is 0 Å². The van der Waals surface area contributed by atoms with Gasteiger partial charge in [0.2, 0.25) is 12.4 Å². The zero-order valence-corrected chi connectivity index (χ0v) is 17.2. The van der Waals surface area contributed by atoms with Gasteiger partial charge in [0.1, 0.15) is 6.73 Å². The lowest BCUT2D eigenvalue weighted by atomic mass is 9.97. The van der Waals surface area contributed by atoms with E-state index in [1.165, 1.54) is 5.56 Å². The molecule has 1 amide bonds. The maximum absolute atomic E-state index is 11.1. The summed E-state index contributed by atoms with van der Waals surface area (Å²) in [6.45, 7) is 4.52. The highest BCUT2D eigenvalue weighted by Crippen LogP contribution is 2.35. The van der Waals surface area contributed by atoms with E-state index in [4.69, 9.17) is 4.74 Å². The van der Waals surface area contributed by atoms with Crippen LogP contribution < -0.4 is 15.1 Å². The molecule has 160 valence electrons. The molecule has 0 spiro atoms. The van der Waals surface area contributed by atoms with Crippen molar-refractivity contribution in [2.24, 2.45) is 0 Å². The fourth-order valence-corrected chi connectivity index (χ4v) is 3.91. The van der Waals surface area contributed by atoms with Gasteiger partial charge in [-0.05, 0) is 24.1 Å². The number of nitrogens with zero attached hydrogens (tertiary/aromatic N) is 5. The van der Waals surface area contributed by atoms with Crippen LogP contribution in [0.2, 0.25) is 0 Å². The van der Waals surface area contributed by atoms with Crippen LogP contribution in [0, 0.1) is 0 Å². The summed E-state index contributed by atoms with van der Waals surface area (Å²) in [6, 6.07) is 6.42. The normalized spacial score (nSPS) is 19.1. The van der Waals surface area contributed by atoms with Crippen LogP contribution in [-0.4, -0.2) is 79.6 Å². The molecule has 2 aromatic rings. The lowest BCUT2D eigenvalue weighted by Gasteiger charge is -2.31. The predicted molar refractivity (Wildman–Crippen MR) is 115 cm³/mol. The Morgan fingerprint density at radius 2 is 2.03 bits per heavy atom. The van der Waals surface area contributed by atoms with E-state index >= 15 is 0 Å². The summed E-state index contributed by atoms with van der Waals surface area (Å²) in [7, 11) is 1.77. The van der Waals surface area contributed by atoms with Gasteiger partial charge in [-0.1, -0.05) is 6.07 Å². The molecule has 0 radical (unpaired) electrons. The Balaban J connectivity index is 1.59. The van der Waals surface area contributed by atoms with Gasteiger partial charge in [-0.25, -0.2) is 9.97 Å². The van der Waals surface area contributed by atoms with Gasteiger partial charge >= 0.3 is 0 Å². The number of nitrogens with one attached hydrogen (secondary N) is 1. The molecule has 2 saturated heterocycles.